The first-order chi connectivity index (χ1) is 17.4. The lowest BCUT2D eigenvalue weighted by Crippen LogP contribution is -2.29. The van der Waals surface area contributed by atoms with Crippen LogP contribution in [-0.2, 0) is 15.3 Å². The molecule has 2 N–H and O–H groups in total. The van der Waals surface area contributed by atoms with Gasteiger partial charge in [0.05, 0.1) is 11.6 Å². The van der Waals surface area contributed by atoms with E-state index in [2.05, 4.69) is 15.2 Å². The standard InChI is InChI=1S/C25H17FN4O4S2/c26-18-4-2-1-3-16(18)13-35-25-29-28-24(36-25)30-20(14-5-7-17(31)8-6-14)19(22(33)23(30)34)21(32)15-9-11-27-12-10-15/h1-12,20,31-32H,13H2. The zero-order valence-corrected chi connectivity index (χ0v) is 20.0. The zero-order valence-electron chi connectivity index (χ0n) is 18.4. The van der Waals surface area contributed by atoms with Crippen molar-refractivity contribution in [2.45, 2.75) is 16.1 Å². The molecule has 2 aromatic heterocycles. The van der Waals surface area contributed by atoms with Crippen LogP contribution in [0.5, 0.6) is 5.75 Å². The van der Waals surface area contributed by atoms with Gasteiger partial charge in [0.15, 0.2) is 4.34 Å². The van der Waals surface area contributed by atoms with Crippen LogP contribution in [0.15, 0.2) is 83.0 Å². The Bertz CT molecular complexity index is 1470. The van der Waals surface area contributed by atoms with Gasteiger partial charge < -0.3 is 10.2 Å². The lowest BCUT2D eigenvalue weighted by Gasteiger charge is -2.22. The highest BCUT2D eigenvalue weighted by Crippen LogP contribution is 2.44. The average Bonchev–Trinajstić information content (AvgIpc) is 3.46. The van der Waals surface area contributed by atoms with Crippen molar-refractivity contribution < 1.29 is 24.2 Å². The summed E-state index contributed by atoms with van der Waals surface area (Å²) < 4.78 is 14.5. The number of benzene rings is 2. The summed E-state index contributed by atoms with van der Waals surface area (Å²) in [5.74, 6) is -2.11. The number of phenolic OH excluding ortho intramolecular Hbond substituents is 1. The number of ketones is 1. The Labute approximate surface area is 212 Å². The van der Waals surface area contributed by atoms with E-state index in [1.54, 1.807) is 30.3 Å². The van der Waals surface area contributed by atoms with E-state index in [4.69, 9.17) is 0 Å². The van der Waals surface area contributed by atoms with E-state index < -0.39 is 17.7 Å². The molecule has 4 aromatic rings. The van der Waals surface area contributed by atoms with E-state index >= 15 is 0 Å². The van der Waals surface area contributed by atoms with Gasteiger partial charge in [0.1, 0.15) is 17.3 Å². The number of Topliss-reactive ketones (excluding diaryl/α,β-unsaturated/α-hetero) is 1. The number of phenols is 1. The van der Waals surface area contributed by atoms with Crippen LogP contribution in [0.1, 0.15) is 22.7 Å². The average molecular weight is 521 g/mol. The number of pyridine rings is 1. The Balaban J connectivity index is 1.54. The van der Waals surface area contributed by atoms with Crippen molar-refractivity contribution in [3.05, 3.63) is 101 Å². The van der Waals surface area contributed by atoms with Gasteiger partial charge >= 0.3 is 5.91 Å². The van der Waals surface area contributed by atoms with Crippen LogP contribution in [0.25, 0.3) is 5.76 Å². The molecule has 1 saturated heterocycles. The fourth-order valence-corrected chi connectivity index (χ4v) is 5.63. The third-order valence-electron chi connectivity index (χ3n) is 5.52. The first-order valence-corrected chi connectivity index (χ1v) is 12.4. The number of halogens is 1. The van der Waals surface area contributed by atoms with Gasteiger partial charge in [-0.1, -0.05) is 53.4 Å². The summed E-state index contributed by atoms with van der Waals surface area (Å²) in [7, 11) is 0. The predicted octanol–water partition coefficient (Wildman–Crippen LogP) is 4.70. The fourth-order valence-electron chi connectivity index (χ4n) is 3.78. The molecule has 1 unspecified atom stereocenters. The number of nitrogens with zero attached hydrogens (tertiary/aromatic N) is 4. The molecule has 3 heterocycles. The summed E-state index contributed by atoms with van der Waals surface area (Å²) in [5.41, 5.74) is 1.19. The van der Waals surface area contributed by atoms with Gasteiger partial charge in [0, 0.05) is 23.7 Å². The van der Waals surface area contributed by atoms with Crippen LogP contribution in [0.3, 0.4) is 0 Å². The minimum absolute atomic E-state index is 0.00702. The van der Waals surface area contributed by atoms with Crippen molar-refractivity contribution in [1.82, 2.24) is 15.2 Å². The number of carbonyl (C=O) groups is 2. The number of anilines is 1. The summed E-state index contributed by atoms with van der Waals surface area (Å²) in [6.45, 7) is 0. The van der Waals surface area contributed by atoms with Crippen LogP contribution in [0.2, 0.25) is 0 Å². The SMILES string of the molecule is O=C1C(=O)N(c2nnc(SCc3ccccc3F)s2)C(c2ccc(O)cc2)C1=C(O)c1ccncc1. The second kappa shape index (κ2) is 9.88. The predicted molar refractivity (Wildman–Crippen MR) is 133 cm³/mol. The van der Waals surface area contributed by atoms with Crippen molar-refractivity contribution in [1.29, 1.82) is 0 Å². The van der Waals surface area contributed by atoms with E-state index in [0.29, 0.717) is 26.8 Å². The van der Waals surface area contributed by atoms with Gasteiger partial charge in [-0.15, -0.1) is 10.2 Å². The van der Waals surface area contributed by atoms with Gasteiger partial charge in [-0.05, 0) is 41.5 Å². The molecule has 0 saturated carbocycles. The Morgan fingerprint density at radius 3 is 2.47 bits per heavy atom. The molecule has 1 amide bonds. The van der Waals surface area contributed by atoms with Gasteiger partial charge in [-0.2, -0.15) is 0 Å². The van der Waals surface area contributed by atoms with E-state index in [1.165, 1.54) is 59.4 Å². The highest BCUT2D eigenvalue weighted by atomic mass is 32.2. The minimum atomic E-state index is -1.00. The maximum Gasteiger partial charge on any atom is 0.301 e. The van der Waals surface area contributed by atoms with Crippen LogP contribution in [-0.4, -0.2) is 37.1 Å². The maximum absolute atomic E-state index is 14.0. The Morgan fingerprint density at radius 2 is 1.75 bits per heavy atom. The summed E-state index contributed by atoms with van der Waals surface area (Å²) >= 11 is 2.33. The number of carbonyl (C=O) groups excluding carboxylic acids is 2. The number of aromatic nitrogens is 3. The van der Waals surface area contributed by atoms with Gasteiger partial charge in [-0.3, -0.25) is 19.5 Å². The molecule has 180 valence electrons. The molecule has 2 aromatic carbocycles. The molecular weight excluding hydrogens is 503 g/mol. The number of rotatable bonds is 6. The monoisotopic (exact) mass is 520 g/mol. The molecule has 11 heteroatoms. The van der Waals surface area contributed by atoms with Crippen LogP contribution < -0.4 is 4.90 Å². The van der Waals surface area contributed by atoms with Crippen LogP contribution in [0, 0.1) is 5.82 Å². The Morgan fingerprint density at radius 1 is 1.03 bits per heavy atom. The van der Waals surface area contributed by atoms with E-state index in [9.17, 15) is 24.2 Å². The normalized spacial score (nSPS) is 17.0. The largest absolute Gasteiger partial charge is 0.508 e. The van der Waals surface area contributed by atoms with E-state index in [0.717, 1.165) is 11.3 Å². The third kappa shape index (κ3) is 4.45. The van der Waals surface area contributed by atoms with E-state index in [1.807, 2.05) is 0 Å². The van der Waals surface area contributed by atoms with Crippen molar-refractivity contribution in [2.75, 3.05) is 4.90 Å². The van der Waals surface area contributed by atoms with Gasteiger partial charge in [0.2, 0.25) is 5.13 Å². The maximum atomic E-state index is 14.0. The second-order valence-electron chi connectivity index (χ2n) is 7.73. The van der Waals surface area contributed by atoms with Crippen molar-refractivity contribution in [3.8, 4) is 5.75 Å². The first kappa shape index (κ1) is 23.6. The number of hydrogen-bond acceptors (Lipinski definition) is 9. The van der Waals surface area contributed by atoms with Crippen molar-refractivity contribution >= 4 is 45.7 Å². The van der Waals surface area contributed by atoms with Gasteiger partial charge in [0.25, 0.3) is 5.78 Å². The third-order valence-corrected chi connectivity index (χ3v) is 7.62. The molecule has 36 heavy (non-hydrogen) atoms. The molecular formula is C25H17FN4O4S2. The number of aliphatic hydroxyl groups is 1. The summed E-state index contributed by atoms with van der Waals surface area (Å²) in [5, 5.41) is 29.2. The number of thioether (sulfide) groups is 1. The number of amides is 1. The molecule has 0 radical (unpaired) electrons. The minimum Gasteiger partial charge on any atom is -0.508 e. The number of hydrogen-bond donors (Lipinski definition) is 2. The summed E-state index contributed by atoms with van der Waals surface area (Å²) in [6, 6.07) is 14.4. The zero-order chi connectivity index (χ0) is 25.2. The van der Waals surface area contributed by atoms with Crippen molar-refractivity contribution in [3.63, 3.8) is 0 Å². The Kier molecular flexibility index (Phi) is 6.49. The smallest absolute Gasteiger partial charge is 0.301 e. The Hall–Kier alpha value is -4.09. The van der Waals surface area contributed by atoms with Gasteiger partial charge in [-0.25, -0.2) is 4.39 Å². The number of aliphatic hydroxyl groups excluding tert-OH is 1. The lowest BCUT2D eigenvalue weighted by molar-refractivity contribution is -0.132. The first-order valence-electron chi connectivity index (χ1n) is 10.6. The molecule has 1 fully saturated rings. The molecule has 1 aliphatic heterocycles. The topological polar surface area (TPSA) is 117 Å². The lowest BCUT2D eigenvalue weighted by atomic mass is 9.95. The molecule has 8 nitrogen and oxygen atoms in total. The second-order valence-corrected chi connectivity index (χ2v) is 9.91. The van der Waals surface area contributed by atoms with Crippen LogP contribution in [0.4, 0.5) is 9.52 Å². The van der Waals surface area contributed by atoms with E-state index in [-0.39, 0.29) is 28.0 Å². The molecule has 0 bridgehead atoms. The molecule has 5 rings (SSSR count). The molecule has 1 atom stereocenters. The highest BCUT2D eigenvalue weighted by molar-refractivity contribution is 8.00. The van der Waals surface area contributed by atoms with Crippen LogP contribution >= 0.6 is 23.1 Å². The molecule has 0 spiro atoms. The summed E-state index contributed by atoms with van der Waals surface area (Å²) in [4.78, 5) is 31.4. The van der Waals surface area contributed by atoms with Crippen molar-refractivity contribution in [2.24, 2.45) is 0 Å². The number of aromatic hydroxyl groups is 1. The molecule has 1 aliphatic rings. The highest BCUT2D eigenvalue weighted by Gasteiger charge is 2.48. The molecule has 0 aliphatic carbocycles. The summed E-state index contributed by atoms with van der Waals surface area (Å²) in [6.07, 6.45) is 2.93. The quantitative estimate of drug-likeness (QED) is 0.124. The fraction of sp³-hybridized carbons (Fsp3) is 0.0800.